The Morgan fingerprint density at radius 3 is 2.61 bits per heavy atom. The highest BCUT2D eigenvalue weighted by atomic mass is 32.2. The van der Waals surface area contributed by atoms with Gasteiger partial charge in [0, 0.05) is 12.2 Å². The molecule has 1 aliphatic heterocycles. The fourth-order valence-electron chi connectivity index (χ4n) is 3.37. The van der Waals surface area contributed by atoms with Gasteiger partial charge < -0.3 is 10.1 Å². The van der Waals surface area contributed by atoms with E-state index in [0.29, 0.717) is 18.4 Å². The maximum absolute atomic E-state index is 13.3. The van der Waals surface area contributed by atoms with Gasteiger partial charge in [0.15, 0.2) is 0 Å². The molecule has 13 heteroatoms. The molecule has 0 spiro atoms. The Balaban J connectivity index is 1.53. The number of hydrogen-bond donors (Lipinski definition) is 1. The molecule has 0 radical (unpaired) electrons. The van der Waals surface area contributed by atoms with Crippen molar-refractivity contribution in [3.8, 4) is 5.75 Å². The van der Waals surface area contributed by atoms with Gasteiger partial charge in [-0.2, -0.15) is 13.1 Å². The van der Waals surface area contributed by atoms with E-state index in [2.05, 4.69) is 18.8 Å². The summed E-state index contributed by atoms with van der Waals surface area (Å²) in [6.45, 7) is 0.159. The van der Waals surface area contributed by atoms with Crippen molar-refractivity contribution in [1.82, 2.24) is 13.1 Å². The molecule has 1 fully saturated rings. The van der Waals surface area contributed by atoms with Crippen LogP contribution in [0.5, 0.6) is 5.75 Å². The van der Waals surface area contributed by atoms with Crippen LogP contribution < -0.4 is 10.1 Å². The molecule has 4 rings (SSSR count). The van der Waals surface area contributed by atoms with Crippen molar-refractivity contribution in [2.75, 3.05) is 11.9 Å². The molecule has 2 aromatic carbocycles. The highest BCUT2D eigenvalue weighted by Gasteiger charge is 2.40. The van der Waals surface area contributed by atoms with Crippen LogP contribution in [0.25, 0.3) is 11.0 Å². The molecule has 31 heavy (non-hydrogen) atoms. The molecule has 1 amide bonds. The standard InChI is InChI=1S/C18H15F3N4O4S2/c19-18(20,21)29-12-8-6-11(7-9-12)22-17(26)14-4-2-10-25(14)31(27,28)15-5-1-3-13-16(15)24-30-23-13/h1,3,5-9,14H,2,4,10H2,(H,22,26)/t14-/m0/s1. The van der Waals surface area contributed by atoms with Gasteiger partial charge in [-0.25, -0.2) is 8.42 Å². The number of sulfonamides is 1. The van der Waals surface area contributed by atoms with Crippen molar-refractivity contribution < 1.29 is 31.1 Å². The topological polar surface area (TPSA) is 101 Å². The molecule has 1 atom stereocenters. The van der Waals surface area contributed by atoms with Gasteiger partial charge in [0.1, 0.15) is 27.7 Å². The number of rotatable bonds is 5. The lowest BCUT2D eigenvalue weighted by Crippen LogP contribution is -2.43. The summed E-state index contributed by atoms with van der Waals surface area (Å²) in [6.07, 6.45) is -4.02. The van der Waals surface area contributed by atoms with Gasteiger partial charge >= 0.3 is 6.36 Å². The minimum absolute atomic E-state index is 0.0212. The zero-order chi connectivity index (χ0) is 22.2. The Morgan fingerprint density at radius 1 is 1.16 bits per heavy atom. The van der Waals surface area contributed by atoms with Gasteiger partial charge in [-0.1, -0.05) is 6.07 Å². The van der Waals surface area contributed by atoms with E-state index in [1.54, 1.807) is 12.1 Å². The van der Waals surface area contributed by atoms with Crippen molar-refractivity contribution in [3.05, 3.63) is 42.5 Å². The summed E-state index contributed by atoms with van der Waals surface area (Å²) < 4.78 is 76.3. The summed E-state index contributed by atoms with van der Waals surface area (Å²) in [5, 5.41) is 2.55. The summed E-state index contributed by atoms with van der Waals surface area (Å²) >= 11 is 0.896. The van der Waals surface area contributed by atoms with Crippen molar-refractivity contribution in [2.45, 2.75) is 30.1 Å². The Labute approximate surface area is 179 Å². The van der Waals surface area contributed by atoms with Crippen LogP contribution in [0.2, 0.25) is 0 Å². The molecule has 0 aliphatic carbocycles. The number of alkyl halides is 3. The summed E-state index contributed by atoms with van der Waals surface area (Å²) in [5.41, 5.74) is 0.917. The maximum Gasteiger partial charge on any atom is 0.573 e. The molecule has 1 N–H and O–H groups in total. The van der Waals surface area contributed by atoms with Gasteiger partial charge in [-0.15, -0.1) is 13.2 Å². The van der Waals surface area contributed by atoms with Crippen molar-refractivity contribution in [2.24, 2.45) is 0 Å². The Morgan fingerprint density at radius 2 is 1.90 bits per heavy atom. The second-order valence-electron chi connectivity index (χ2n) is 6.72. The number of anilines is 1. The monoisotopic (exact) mass is 472 g/mol. The number of fused-ring (bicyclic) bond motifs is 1. The molecule has 2 heterocycles. The molecule has 3 aromatic rings. The summed E-state index contributed by atoms with van der Waals surface area (Å²) in [4.78, 5) is 12.8. The van der Waals surface area contributed by atoms with E-state index in [1.165, 1.54) is 18.2 Å². The number of halogens is 3. The molecule has 8 nitrogen and oxygen atoms in total. The first kappa shape index (κ1) is 21.5. The Hall–Kier alpha value is -2.77. The first-order valence-electron chi connectivity index (χ1n) is 9.05. The van der Waals surface area contributed by atoms with Gasteiger partial charge in [0.05, 0.1) is 11.7 Å². The van der Waals surface area contributed by atoms with Gasteiger partial charge in [-0.3, -0.25) is 4.79 Å². The molecule has 0 unspecified atom stereocenters. The number of nitrogens with zero attached hydrogens (tertiary/aromatic N) is 3. The number of benzene rings is 2. The maximum atomic E-state index is 13.3. The lowest BCUT2D eigenvalue weighted by molar-refractivity contribution is -0.274. The molecule has 0 saturated carbocycles. The largest absolute Gasteiger partial charge is 0.573 e. The van der Waals surface area contributed by atoms with Crippen LogP contribution >= 0.6 is 11.7 Å². The number of ether oxygens (including phenoxy) is 1. The van der Waals surface area contributed by atoms with E-state index in [1.807, 2.05) is 0 Å². The molecular weight excluding hydrogens is 457 g/mol. The smallest absolute Gasteiger partial charge is 0.406 e. The highest BCUT2D eigenvalue weighted by molar-refractivity contribution is 7.89. The molecule has 1 saturated heterocycles. The average Bonchev–Trinajstić information content (AvgIpc) is 3.37. The zero-order valence-electron chi connectivity index (χ0n) is 15.7. The molecule has 1 aromatic heterocycles. The van der Waals surface area contributed by atoms with E-state index in [-0.39, 0.29) is 22.6 Å². The fourth-order valence-corrected chi connectivity index (χ4v) is 5.78. The number of aromatic nitrogens is 2. The first-order chi connectivity index (χ1) is 14.6. The summed E-state index contributed by atoms with van der Waals surface area (Å²) in [7, 11) is -4.02. The van der Waals surface area contributed by atoms with Crippen molar-refractivity contribution >= 4 is 44.4 Å². The fraction of sp³-hybridized carbons (Fsp3) is 0.278. The number of amides is 1. The molecule has 0 bridgehead atoms. The number of carbonyl (C=O) groups is 1. The van der Waals surface area contributed by atoms with E-state index in [4.69, 9.17) is 0 Å². The van der Waals surface area contributed by atoms with Crippen molar-refractivity contribution in [1.29, 1.82) is 0 Å². The molecule has 164 valence electrons. The quantitative estimate of drug-likeness (QED) is 0.611. The Bertz CT molecular complexity index is 1210. The van der Waals surface area contributed by atoms with E-state index >= 15 is 0 Å². The zero-order valence-corrected chi connectivity index (χ0v) is 17.3. The van der Waals surface area contributed by atoms with E-state index in [9.17, 15) is 26.4 Å². The lowest BCUT2D eigenvalue weighted by Gasteiger charge is -2.23. The SMILES string of the molecule is O=C(Nc1ccc(OC(F)(F)F)cc1)[C@@H]1CCCN1S(=O)(=O)c1cccc2nsnc12. The average molecular weight is 472 g/mol. The molecular formula is C18H15F3N4O4S2. The predicted octanol–water partition coefficient (Wildman–Crippen LogP) is 3.38. The van der Waals surface area contributed by atoms with E-state index < -0.39 is 34.1 Å². The number of nitrogens with one attached hydrogen (secondary N) is 1. The van der Waals surface area contributed by atoms with Crippen LogP contribution in [0.3, 0.4) is 0 Å². The van der Waals surface area contributed by atoms with Crippen LogP contribution in [0.15, 0.2) is 47.4 Å². The van der Waals surface area contributed by atoms with Crippen LogP contribution in [-0.2, 0) is 14.8 Å². The van der Waals surface area contributed by atoms with Gasteiger partial charge in [0.25, 0.3) is 0 Å². The van der Waals surface area contributed by atoms with Gasteiger partial charge in [-0.05, 0) is 49.2 Å². The van der Waals surface area contributed by atoms with Crippen molar-refractivity contribution in [3.63, 3.8) is 0 Å². The second-order valence-corrected chi connectivity index (χ2v) is 9.11. The van der Waals surface area contributed by atoms with Crippen LogP contribution in [0.1, 0.15) is 12.8 Å². The van der Waals surface area contributed by atoms with Gasteiger partial charge in [0.2, 0.25) is 15.9 Å². The minimum Gasteiger partial charge on any atom is -0.406 e. The summed E-state index contributed by atoms with van der Waals surface area (Å²) in [5.74, 6) is -1.00. The lowest BCUT2D eigenvalue weighted by atomic mass is 10.2. The minimum atomic E-state index is -4.82. The third kappa shape index (κ3) is 4.48. The predicted molar refractivity (Wildman–Crippen MR) is 106 cm³/mol. The third-order valence-corrected chi connectivity index (χ3v) is 7.18. The van der Waals surface area contributed by atoms with Crippen LogP contribution in [-0.4, -0.2) is 46.3 Å². The highest BCUT2D eigenvalue weighted by Crippen LogP contribution is 2.31. The summed E-state index contributed by atoms with van der Waals surface area (Å²) in [6, 6.07) is 8.28. The van der Waals surface area contributed by atoms with Crippen LogP contribution in [0.4, 0.5) is 18.9 Å². The Kier molecular flexibility index (Phi) is 5.58. The molecule has 1 aliphatic rings. The van der Waals surface area contributed by atoms with Crippen LogP contribution in [0, 0.1) is 0 Å². The van der Waals surface area contributed by atoms with E-state index in [0.717, 1.165) is 28.2 Å². The first-order valence-corrected chi connectivity index (χ1v) is 11.2. The second kappa shape index (κ2) is 8.05. The normalized spacial score (nSPS) is 17.7. The third-order valence-electron chi connectivity index (χ3n) is 4.70. The number of carbonyl (C=O) groups excluding carboxylic acids is 1. The number of hydrogen-bond acceptors (Lipinski definition) is 7.